The van der Waals surface area contributed by atoms with Crippen LogP contribution in [0.1, 0.15) is 12.0 Å². The Labute approximate surface area is 137 Å². The number of imide groups is 1. The van der Waals surface area contributed by atoms with Crippen molar-refractivity contribution in [2.75, 3.05) is 14.1 Å². The number of urea groups is 1. The summed E-state index contributed by atoms with van der Waals surface area (Å²) < 4.78 is 1.21. The van der Waals surface area contributed by atoms with Crippen molar-refractivity contribution in [3.63, 3.8) is 0 Å². The highest BCUT2D eigenvalue weighted by Gasteiger charge is 2.41. The average molecular weight is 331 g/mol. The first-order valence-electron chi connectivity index (χ1n) is 7.24. The maximum atomic E-state index is 12.1. The Bertz CT molecular complexity index is 786. The molecule has 4 amide bonds. The van der Waals surface area contributed by atoms with E-state index in [0.717, 1.165) is 15.8 Å². The third-order valence-electron chi connectivity index (χ3n) is 4.06. The van der Waals surface area contributed by atoms with Crippen LogP contribution in [0.3, 0.4) is 0 Å². The van der Waals surface area contributed by atoms with Crippen LogP contribution in [0.2, 0.25) is 0 Å². The molecule has 1 fully saturated rings. The van der Waals surface area contributed by atoms with E-state index in [1.54, 1.807) is 11.3 Å². The van der Waals surface area contributed by atoms with E-state index >= 15 is 0 Å². The Balaban J connectivity index is 1.59. The smallest absolute Gasteiger partial charge is 0.326 e. The summed E-state index contributed by atoms with van der Waals surface area (Å²) in [6.45, 7) is 0.402. The number of carbonyl (C=O) groups is 3. The molecule has 1 saturated heterocycles. The summed E-state index contributed by atoms with van der Waals surface area (Å²) in [5.41, 5.74) is 1.00. The van der Waals surface area contributed by atoms with Crippen LogP contribution in [0.4, 0.5) is 4.79 Å². The predicted octanol–water partition coefficient (Wildman–Crippen LogP) is 1.80. The molecule has 0 radical (unpaired) electrons. The van der Waals surface area contributed by atoms with Crippen molar-refractivity contribution in [1.82, 2.24) is 15.1 Å². The molecule has 0 bridgehead atoms. The first-order valence-corrected chi connectivity index (χ1v) is 8.12. The van der Waals surface area contributed by atoms with Gasteiger partial charge in [-0.15, -0.1) is 11.3 Å². The minimum atomic E-state index is -0.716. The maximum absolute atomic E-state index is 12.1. The van der Waals surface area contributed by atoms with Crippen LogP contribution in [0, 0.1) is 0 Å². The summed E-state index contributed by atoms with van der Waals surface area (Å²) in [6.07, 6.45) is -0.0217. The Morgan fingerprint density at radius 2 is 2.04 bits per heavy atom. The van der Waals surface area contributed by atoms with Gasteiger partial charge in [0.25, 0.3) is 5.91 Å². The van der Waals surface area contributed by atoms with Gasteiger partial charge in [0.1, 0.15) is 6.04 Å². The zero-order valence-corrected chi connectivity index (χ0v) is 13.7. The minimum absolute atomic E-state index is 0.0217. The lowest BCUT2D eigenvalue weighted by molar-refractivity contribution is -0.131. The van der Waals surface area contributed by atoms with E-state index in [0.29, 0.717) is 6.54 Å². The number of carbonyl (C=O) groups excluding carboxylic acids is 3. The SMILES string of the molecule is CN1C(=O)C(CC(=O)NCc2ccc3sccc3c2)N(C)C1=O. The van der Waals surface area contributed by atoms with Crippen LogP contribution in [0.25, 0.3) is 10.1 Å². The quantitative estimate of drug-likeness (QED) is 0.869. The number of amides is 4. The van der Waals surface area contributed by atoms with Gasteiger partial charge in [-0.05, 0) is 34.5 Å². The number of fused-ring (bicyclic) bond motifs is 1. The third-order valence-corrected chi connectivity index (χ3v) is 4.95. The molecule has 0 spiro atoms. The first-order chi connectivity index (χ1) is 11.0. The molecule has 1 atom stereocenters. The van der Waals surface area contributed by atoms with Crippen molar-refractivity contribution in [2.24, 2.45) is 0 Å². The van der Waals surface area contributed by atoms with Crippen molar-refractivity contribution >= 4 is 39.3 Å². The summed E-state index contributed by atoms with van der Waals surface area (Å²) in [4.78, 5) is 38.0. The first kappa shape index (κ1) is 15.5. The average Bonchev–Trinajstić information content (AvgIpc) is 3.08. The predicted molar refractivity (Wildman–Crippen MR) is 88.0 cm³/mol. The fraction of sp³-hybridized carbons (Fsp3) is 0.312. The number of nitrogens with zero attached hydrogens (tertiary/aromatic N) is 2. The fourth-order valence-corrected chi connectivity index (χ4v) is 3.42. The number of hydrogen-bond donors (Lipinski definition) is 1. The van der Waals surface area contributed by atoms with Crippen LogP contribution in [0.15, 0.2) is 29.6 Å². The summed E-state index contributed by atoms with van der Waals surface area (Å²) in [5, 5.41) is 5.99. The highest BCUT2D eigenvalue weighted by Crippen LogP contribution is 2.22. The van der Waals surface area contributed by atoms with Crippen LogP contribution >= 0.6 is 11.3 Å². The molecule has 1 N–H and O–H groups in total. The van der Waals surface area contributed by atoms with Gasteiger partial charge in [-0.2, -0.15) is 0 Å². The number of benzene rings is 1. The Morgan fingerprint density at radius 1 is 1.26 bits per heavy atom. The molecule has 6 nitrogen and oxygen atoms in total. The van der Waals surface area contributed by atoms with Gasteiger partial charge in [0.2, 0.25) is 5.91 Å². The van der Waals surface area contributed by atoms with E-state index in [1.807, 2.05) is 29.6 Å². The monoisotopic (exact) mass is 331 g/mol. The molecular weight excluding hydrogens is 314 g/mol. The van der Waals surface area contributed by atoms with Crippen LogP contribution in [-0.2, 0) is 16.1 Å². The van der Waals surface area contributed by atoms with Crippen molar-refractivity contribution in [3.8, 4) is 0 Å². The Kier molecular flexibility index (Phi) is 4.04. The van der Waals surface area contributed by atoms with Crippen molar-refractivity contribution in [1.29, 1.82) is 0 Å². The summed E-state index contributed by atoms with van der Waals surface area (Å²) in [7, 11) is 2.96. The lowest BCUT2D eigenvalue weighted by atomic mass is 10.1. The van der Waals surface area contributed by atoms with Crippen molar-refractivity contribution < 1.29 is 14.4 Å². The van der Waals surface area contributed by atoms with Crippen molar-refractivity contribution in [3.05, 3.63) is 35.2 Å². The Hall–Kier alpha value is -2.41. The van der Waals surface area contributed by atoms with Crippen LogP contribution in [-0.4, -0.2) is 47.8 Å². The molecule has 1 aliphatic heterocycles. The molecular formula is C16H17N3O3S. The fourth-order valence-electron chi connectivity index (χ4n) is 2.65. The second-order valence-corrected chi connectivity index (χ2v) is 6.53. The van der Waals surface area contributed by atoms with Gasteiger partial charge in [-0.25, -0.2) is 4.79 Å². The molecule has 1 unspecified atom stereocenters. The van der Waals surface area contributed by atoms with Gasteiger partial charge in [-0.3, -0.25) is 14.5 Å². The number of rotatable bonds is 4. The normalized spacial score (nSPS) is 18.1. The molecule has 1 aliphatic rings. The molecule has 3 rings (SSSR count). The van der Waals surface area contributed by atoms with Crippen molar-refractivity contribution in [2.45, 2.75) is 19.0 Å². The second-order valence-electron chi connectivity index (χ2n) is 5.58. The molecule has 0 aliphatic carbocycles. The summed E-state index contributed by atoms with van der Waals surface area (Å²) in [5.74, 6) is -0.587. The molecule has 0 saturated carbocycles. The number of likely N-dealkylation sites (N-methyl/N-ethyl adjacent to an activating group) is 2. The van der Waals surface area contributed by atoms with Gasteiger partial charge in [-0.1, -0.05) is 6.07 Å². The molecule has 1 aromatic carbocycles. The zero-order chi connectivity index (χ0) is 16.6. The van der Waals surface area contributed by atoms with Gasteiger partial charge in [0.15, 0.2) is 0 Å². The van der Waals surface area contributed by atoms with Gasteiger partial charge in [0, 0.05) is 25.3 Å². The number of thiophene rings is 1. The zero-order valence-electron chi connectivity index (χ0n) is 12.9. The molecule has 23 heavy (non-hydrogen) atoms. The van der Waals surface area contributed by atoms with E-state index in [4.69, 9.17) is 0 Å². The van der Waals surface area contributed by atoms with Crippen LogP contribution in [0.5, 0.6) is 0 Å². The van der Waals surface area contributed by atoms with E-state index in [-0.39, 0.29) is 24.3 Å². The molecule has 120 valence electrons. The van der Waals surface area contributed by atoms with E-state index in [2.05, 4.69) is 5.32 Å². The molecule has 1 aromatic heterocycles. The standard InChI is InChI=1S/C16H17N3O3S/c1-18-12(15(21)19(2)16(18)22)8-14(20)17-9-10-3-4-13-11(7-10)5-6-23-13/h3-7,12H,8-9H2,1-2H3,(H,17,20). The highest BCUT2D eigenvalue weighted by molar-refractivity contribution is 7.17. The third kappa shape index (κ3) is 2.92. The van der Waals surface area contributed by atoms with E-state index in [1.165, 1.54) is 23.7 Å². The molecule has 2 heterocycles. The Morgan fingerprint density at radius 3 is 2.74 bits per heavy atom. The topological polar surface area (TPSA) is 69.7 Å². The van der Waals surface area contributed by atoms with E-state index < -0.39 is 6.04 Å². The second kappa shape index (κ2) is 6.00. The van der Waals surface area contributed by atoms with Gasteiger partial charge < -0.3 is 10.2 Å². The summed E-state index contributed by atoms with van der Waals surface area (Å²) >= 11 is 1.68. The number of nitrogens with one attached hydrogen (secondary N) is 1. The van der Waals surface area contributed by atoms with Gasteiger partial charge in [0.05, 0.1) is 6.42 Å². The molecule has 2 aromatic rings. The largest absolute Gasteiger partial charge is 0.352 e. The lowest BCUT2D eigenvalue weighted by Crippen LogP contribution is -2.37. The number of hydrogen-bond acceptors (Lipinski definition) is 4. The van der Waals surface area contributed by atoms with Crippen LogP contribution < -0.4 is 5.32 Å². The summed E-state index contributed by atoms with van der Waals surface area (Å²) in [6, 6.07) is 6.99. The maximum Gasteiger partial charge on any atom is 0.326 e. The van der Waals surface area contributed by atoms with Gasteiger partial charge >= 0.3 is 6.03 Å². The molecule has 7 heteroatoms. The highest BCUT2D eigenvalue weighted by atomic mass is 32.1. The minimum Gasteiger partial charge on any atom is -0.352 e. The lowest BCUT2D eigenvalue weighted by Gasteiger charge is -2.15. The van der Waals surface area contributed by atoms with E-state index in [9.17, 15) is 14.4 Å².